The van der Waals surface area contributed by atoms with Crippen molar-refractivity contribution in [1.82, 2.24) is 4.57 Å². The number of oxazole rings is 1. The number of ketones is 1. The number of benzene rings is 1. The second kappa shape index (κ2) is 3.38. The molecule has 1 aromatic carbocycles. The Morgan fingerprint density at radius 1 is 1.47 bits per heavy atom. The largest absolute Gasteiger partial charge is 0.419 e. The van der Waals surface area contributed by atoms with Crippen LogP contribution in [0.25, 0.3) is 11.1 Å². The van der Waals surface area contributed by atoms with Crippen molar-refractivity contribution in [2.45, 2.75) is 20.4 Å². The molecule has 2 rings (SSSR count). The molecule has 4 heteroatoms. The van der Waals surface area contributed by atoms with Crippen molar-refractivity contribution in [1.29, 1.82) is 0 Å². The van der Waals surface area contributed by atoms with E-state index in [9.17, 15) is 9.59 Å². The number of hydrogen-bond donors (Lipinski definition) is 0. The van der Waals surface area contributed by atoms with Crippen molar-refractivity contribution in [3.05, 3.63) is 34.3 Å². The zero-order chi connectivity index (χ0) is 11.0. The van der Waals surface area contributed by atoms with E-state index in [1.54, 1.807) is 18.2 Å². The number of carbonyl (C=O) groups excluding carboxylic acids is 1. The zero-order valence-electron chi connectivity index (χ0n) is 8.61. The van der Waals surface area contributed by atoms with Crippen LogP contribution in [0.4, 0.5) is 0 Å². The predicted molar refractivity (Wildman–Crippen MR) is 56.2 cm³/mol. The van der Waals surface area contributed by atoms with Crippen LogP contribution in [0.1, 0.15) is 24.2 Å². The van der Waals surface area contributed by atoms with E-state index in [4.69, 9.17) is 4.42 Å². The summed E-state index contributed by atoms with van der Waals surface area (Å²) in [5.74, 6) is -0.419. The highest BCUT2D eigenvalue weighted by Crippen LogP contribution is 2.15. The molecule has 0 unspecified atom stereocenters. The van der Waals surface area contributed by atoms with E-state index < -0.39 is 0 Å². The number of rotatable bonds is 2. The SMILES string of the molecule is CCn1c(=O)oc2cc(C(C)=O)ccc21. The van der Waals surface area contributed by atoms with Gasteiger partial charge in [-0.1, -0.05) is 0 Å². The van der Waals surface area contributed by atoms with Crippen LogP contribution in [0.15, 0.2) is 27.4 Å². The van der Waals surface area contributed by atoms with Gasteiger partial charge >= 0.3 is 5.76 Å². The molecular weight excluding hydrogens is 194 g/mol. The Labute approximate surface area is 86.1 Å². The molecule has 1 heterocycles. The first-order valence-corrected chi connectivity index (χ1v) is 4.78. The van der Waals surface area contributed by atoms with Crippen molar-refractivity contribution in [2.24, 2.45) is 0 Å². The van der Waals surface area contributed by atoms with Crippen molar-refractivity contribution in [2.75, 3.05) is 0 Å². The maximum absolute atomic E-state index is 11.4. The molecule has 0 radical (unpaired) electrons. The number of hydrogen-bond acceptors (Lipinski definition) is 3. The van der Waals surface area contributed by atoms with Gasteiger partial charge < -0.3 is 4.42 Å². The lowest BCUT2D eigenvalue weighted by molar-refractivity contribution is 0.101. The molecule has 0 spiro atoms. The molecule has 78 valence electrons. The van der Waals surface area contributed by atoms with Crippen molar-refractivity contribution in [3.8, 4) is 0 Å². The third-order valence-electron chi connectivity index (χ3n) is 2.39. The fraction of sp³-hybridized carbons (Fsp3) is 0.273. The molecule has 4 nitrogen and oxygen atoms in total. The van der Waals surface area contributed by atoms with Gasteiger partial charge in [-0.15, -0.1) is 0 Å². The molecule has 0 N–H and O–H groups in total. The topological polar surface area (TPSA) is 52.2 Å². The van der Waals surface area contributed by atoms with E-state index in [1.165, 1.54) is 11.5 Å². The van der Waals surface area contributed by atoms with Crippen molar-refractivity contribution < 1.29 is 9.21 Å². The number of aryl methyl sites for hydroxylation is 1. The van der Waals surface area contributed by atoms with Crippen molar-refractivity contribution >= 4 is 16.9 Å². The lowest BCUT2D eigenvalue weighted by atomic mass is 10.1. The fourth-order valence-electron chi connectivity index (χ4n) is 1.58. The summed E-state index contributed by atoms with van der Waals surface area (Å²) in [5, 5.41) is 0. The van der Waals surface area contributed by atoms with Crippen LogP contribution in [-0.2, 0) is 6.54 Å². The molecular formula is C11H11NO3. The van der Waals surface area contributed by atoms with Crippen LogP contribution < -0.4 is 5.76 Å². The van der Waals surface area contributed by atoms with E-state index in [-0.39, 0.29) is 11.5 Å². The molecule has 0 saturated carbocycles. The second-order valence-corrected chi connectivity index (χ2v) is 3.35. The summed E-state index contributed by atoms with van der Waals surface area (Å²) in [6.07, 6.45) is 0. The predicted octanol–water partition coefficient (Wildman–Crippen LogP) is 1.82. The minimum atomic E-state index is -0.381. The first-order valence-electron chi connectivity index (χ1n) is 4.78. The summed E-state index contributed by atoms with van der Waals surface area (Å²) in [5.41, 5.74) is 1.75. The number of nitrogens with zero attached hydrogens (tertiary/aromatic N) is 1. The monoisotopic (exact) mass is 205 g/mol. The van der Waals surface area contributed by atoms with Gasteiger partial charge in [0.25, 0.3) is 0 Å². The van der Waals surface area contributed by atoms with Crippen LogP contribution >= 0.6 is 0 Å². The minimum Gasteiger partial charge on any atom is -0.408 e. The van der Waals surface area contributed by atoms with Gasteiger partial charge in [-0.3, -0.25) is 9.36 Å². The highest BCUT2D eigenvalue weighted by atomic mass is 16.4. The van der Waals surface area contributed by atoms with Gasteiger partial charge in [0.1, 0.15) is 0 Å². The Bertz CT molecular complexity index is 577. The third-order valence-corrected chi connectivity index (χ3v) is 2.39. The summed E-state index contributed by atoms with van der Waals surface area (Å²) in [7, 11) is 0. The summed E-state index contributed by atoms with van der Waals surface area (Å²) in [6.45, 7) is 3.91. The van der Waals surface area contributed by atoms with Gasteiger partial charge in [-0.2, -0.15) is 0 Å². The van der Waals surface area contributed by atoms with Crippen molar-refractivity contribution in [3.63, 3.8) is 0 Å². The van der Waals surface area contributed by atoms with E-state index in [1.807, 2.05) is 6.92 Å². The molecule has 0 atom stereocenters. The summed E-state index contributed by atoms with van der Waals surface area (Å²) < 4.78 is 6.56. The minimum absolute atomic E-state index is 0.0382. The van der Waals surface area contributed by atoms with Gasteiger partial charge in [-0.25, -0.2) is 4.79 Å². The Hall–Kier alpha value is -1.84. The maximum atomic E-state index is 11.4. The normalized spacial score (nSPS) is 10.8. The van der Waals surface area contributed by atoms with Crippen LogP contribution in [0.3, 0.4) is 0 Å². The molecule has 15 heavy (non-hydrogen) atoms. The van der Waals surface area contributed by atoms with Gasteiger partial charge in [-0.05, 0) is 32.0 Å². The smallest absolute Gasteiger partial charge is 0.408 e. The third kappa shape index (κ3) is 1.48. The molecule has 0 fully saturated rings. The first-order chi connectivity index (χ1) is 7.13. The zero-order valence-corrected chi connectivity index (χ0v) is 8.61. The Morgan fingerprint density at radius 2 is 2.20 bits per heavy atom. The Kier molecular flexibility index (Phi) is 2.19. The van der Waals surface area contributed by atoms with E-state index in [0.717, 1.165) is 5.52 Å². The maximum Gasteiger partial charge on any atom is 0.419 e. The van der Waals surface area contributed by atoms with Gasteiger partial charge in [0.05, 0.1) is 5.52 Å². The van der Waals surface area contributed by atoms with Crippen LogP contribution in [0, 0.1) is 0 Å². The Morgan fingerprint density at radius 3 is 2.80 bits per heavy atom. The van der Waals surface area contributed by atoms with E-state index in [0.29, 0.717) is 17.7 Å². The van der Waals surface area contributed by atoms with Crippen LogP contribution in [0.5, 0.6) is 0 Å². The molecule has 2 aromatic rings. The van der Waals surface area contributed by atoms with Gasteiger partial charge in [0.2, 0.25) is 0 Å². The molecule has 0 bridgehead atoms. The summed E-state index contributed by atoms with van der Waals surface area (Å²) >= 11 is 0. The van der Waals surface area contributed by atoms with E-state index in [2.05, 4.69) is 0 Å². The van der Waals surface area contributed by atoms with Gasteiger partial charge in [0.15, 0.2) is 11.4 Å². The molecule has 0 aliphatic heterocycles. The molecule has 0 saturated heterocycles. The average molecular weight is 205 g/mol. The number of fused-ring (bicyclic) bond motifs is 1. The first kappa shape index (κ1) is 9.71. The fourth-order valence-corrected chi connectivity index (χ4v) is 1.58. The summed E-state index contributed by atoms with van der Waals surface area (Å²) in [6, 6.07) is 5.04. The highest BCUT2D eigenvalue weighted by Gasteiger charge is 2.09. The highest BCUT2D eigenvalue weighted by molar-refractivity contribution is 5.96. The molecule has 0 aliphatic rings. The number of Topliss-reactive ketones (excluding diaryl/α,β-unsaturated/α-hetero) is 1. The molecule has 0 amide bonds. The van der Waals surface area contributed by atoms with Crippen LogP contribution in [0.2, 0.25) is 0 Å². The van der Waals surface area contributed by atoms with Crippen LogP contribution in [-0.4, -0.2) is 10.4 Å². The summed E-state index contributed by atoms with van der Waals surface area (Å²) in [4.78, 5) is 22.5. The number of carbonyl (C=O) groups is 1. The second-order valence-electron chi connectivity index (χ2n) is 3.35. The standard InChI is InChI=1S/C11H11NO3/c1-3-12-9-5-4-8(7(2)13)6-10(9)15-11(12)14/h4-6H,3H2,1-2H3. The lowest BCUT2D eigenvalue weighted by Crippen LogP contribution is -2.11. The van der Waals surface area contributed by atoms with E-state index >= 15 is 0 Å². The average Bonchev–Trinajstić information content (AvgIpc) is 2.51. The van der Waals surface area contributed by atoms with Gasteiger partial charge in [0, 0.05) is 12.1 Å². The lowest BCUT2D eigenvalue weighted by Gasteiger charge is -1.97. The molecule has 0 aliphatic carbocycles. The molecule has 1 aromatic heterocycles. The quantitative estimate of drug-likeness (QED) is 0.702. The Balaban J connectivity index is 2.75. The number of aromatic nitrogens is 1.